The number of aromatic nitrogens is 4. The van der Waals surface area contributed by atoms with Crippen LogP contribution in [0.3, 0.4) is 0 Å². The SMILES string of the molecule is CC(NC(=O)c1nn(-c2ccc(F)c(F)c2)c2c1CCC2)c1nc2ccccc2[nH]1. The number of H-pyrrole nitrogens is 1. The molecular formula is C22H19F2N5O. The summed E-state index contributed by atoms with van der Waals surface area (Å²) in [4.78, 5) is 20.8. The molecule has 2 heterocycles. The fraction of sp³-hybridized carbons (Fsp3) is 0.227. The smallest absolute Gasteiger partial charge is 0.272 e. The second-order valence-electron chi connectivity index (χ2n) is 7.47. The van der Waals surface area contributed by atoms with Crippen molar-refractivity contribution in [3.05, 3.63) is 76.9 Å². The minimum absolute atomic E-state index is 0.315. The number of imidazole rings is 1. The van der Waals surface area contributed by atoms with E-state index >= 15 is 0 Å². The number of para-hydroxylation sites is 2. The Morgan fingerprint density at radius 1 is 1.17 bits per heavy atom. The molecule has 1 unspecified atom stereocenters. The fourth-order valence-corrected chi connectivity index (χ4v) is 3.96. The van der Waals surface area contributed by atoms with Gasteiger partial charge >= 0.3 is 0 Å². The van der Waals surface area contributed by atoms with Crippen LogP contribution in [0.2, 0.25) is 0 Å². The van der Waals surface area contributed by atoms with E-state index in [1.165, 1.54) is 6.07 Å². The van der Waals surface area contributed by atoms with Gasteiger partial charge in [-0.2, -0.15) is 5.10 Å². The van der Waals surface area contributed by atoms with Crippen LogP contribution in [0.25, 0.3) is 16.7 Å². The van der Waals surface area contributed by atoms with Crippen LogP contribution in [-0.2, 0) is 12.8 Å². The molecule has 2 aromatic carbocycles. The lowest BCUT2D eigenvalue weighted by molar-refractivity contribution is 0.0932. The summed E-state index contributed by atoms with van der Waals surface area (Å²) in [6.07, 6.45) is 2.34. The maximum Gasteiger partial charge on any atom is 0.272 e. The highest BCUT2D eigenvalue weighted by molar-refractivity contribution is 5.94. The fourth-order valence-electron chi connectivity index (χ4n) is 3.96. The predicted octanol–water partition coefficient (Wildman–Crippen LogP) is 4.01. The number of hydrogen-bond donors (Lipinski definition) is 2. The highest BCUT2D eigenvalue weighted by Gasteiger charge is 2.28. The summed E-state index contributed by atoms with van der Waals surface area (Å²) >= 11 is 0. The zero-order chi connectivity index (χ0) is 20.8. The molecule has 0 fully saturated rings. The molecule has 2 N–H and O–H groups in total. The first-order valence-corrected chi connectivity index (χ1v) is 9.83. The summed E-state index contributed by atoms with van der Waals surface area (Å²) < 4.78 is 28.6. The van der Waals surface area contributed by atoms with E-state index in [0.717, 1.165) is 53.7 Å². The van der Waals surface area contributed by atoms with Crippen LogP contribution in [0.4, 0.5) is 8.78 Å². The third-order valence-electron chi connectivity index (χ3n) is 5.46. The molecule has 8 heteroatoms. The van der Waals surface area contributed by atoms with Gasteiger partial charge in [0.1, 0.15) is 5.82 Å². The number of nitrogens with zero attached hydrogens (tertiary/aromatic N) is 3. The quantitative estimate of drug-likeness (QED) is 0.537. The number of carbonyl (C=O) groups excluding carboxylic acids is 1. The van der Waals surface area contributed by atoms with Gasteiger partial charge in [0, 0.05) is 17.3 Å². The van der Waals surface area contributed by atoms with Gasteiger partial charge in [0.2, 0.25) is 0 Å². The third-order valence-corrected chi connectivity index (χ3v) is 5.46. The van der Waals surface area contributed by atoms with Gasteiger partial charge in [-0.25, -0.2) is 18.4 Å². The molecule has 1 aliphatic carbocycles. The number of amides is 1. The Hall–Kier alpha value is -3.55. The molecular weight excluding hydrogens is 388 g/mol. The van der Waals surface area contributed by atoms with E-state index in [4.69, 9.17) is 0 Å². The number of rotatable bonds is 4. The Morgan fingerprint density at radius 3 is 2.80 bits per heavy atom. The summed E-state index contributed by atoms with van der Waals surface area (Å²) in [6, 6.07) is 10.9. The topological polar surface area (TPSA) is 75.6 Å². The maximum absolute atomic E-state index is 13.7. The van der Waals surface area contributed by atoms with Crippen molar-refractivity contribution in [2.45, 2.75) is 32.2 Å². The molecule has 0 spiro atoms. The molecule has 1 aliphatic rings. The monoisotopic (exact) mass is 407 g/mol. The molecule has 152 valence electrons. The lowest BCUT2D eigenvalue weighted by Gasteiger charge is -2.11. The molecule has 0 aliphatic heterocycles. The van der Waals surface area contributed by atoms with Crippen molar-refractivity contribution < 1.29 is 13.6 Å². The first kappa shape index (κ1) is 18.5. The molecule has 5 rings (SSSR count). The number of halogens is 2. The molecule has 0 bridgehead atoms. The van der Waals surface area contributed by atoms with Crippen LogP contribution in [0.5, 0.6) is 0 Å². The number of hydrogen-bond acceptors (Lipinski definition) is 3. The molecule has 0 saturated heterocycles. The van der Waals surface area contributed by atoms with Crippen molar-refractivity contribution in [2.24, 2.45) is 0 Å². The predicted molar refractivity (Wildman–Crippen MR) is 107 cm³/mol. The van der Waals surface area contributed by atoms with Crippen molar-refractivity contribution in [3.63, 3.8) is 0 Å². The summed E-state index contributed by atoms with van der Waals surface area (Å²) in [5.74, 6) is -1.52. The molecule has 4 aromatic rings. The van der Waals surface area contributed by atoms with Gasteiger partial charge in [-0.3, -0.25) is 4.79 Å². The van der Waals surface area contributed by atoms with Crippen LogP contribution in [0.1, 0.15) is 47.0 Å². The van der Waals surface area contributed by atoms with Crippen LogP contribution >= 0.6 is 0 Å². The number of benzene rings is 2. The Labute approximate surface area is 170 Å². The number of carbonyl (C=O) groups is 1. The largest absolute Gasteiger partial charge is 0.341 e. The van der Waals surface area contributed by atoms with E-state index in [1.807, 2.05) is 31.2 Å². The van der Waals surface area contributed by atoms with Gasteiger partial charge in [-0.05, 0) is 50.5 Å². The van der Waals surface area contributed by atoms with E-state index in [1.54, 1.807) is 4.68 Å². The highest BCUT2D eigenvalue weighted by Crippen LogP contribution is 2.28. The standard InChI is InChI=1S/C22H19F2N5O/c1-12(21-26-17-6-2-3-7-18(17)27-21)25-22(30)20-14-5-4-8-19(14)29(28-20)13-9-10-15(23)16(24)11-13/h2-3,6-7,9-12H,4-5,8H2,1H3,(H,25,30)(H,26,27). The van der Waals surface area contributed by atoms with Crippen molar-refractivity contribution in [2.75, 3.05) is 0 Å². The summed E-state index contributed by atoms with van der Waals surface area (Å²) in [7, 11) is 0. The summed E-state index contributed by atoms with van der Waals surface area (Å²) in [5, 5.41) is 7.39. The van der Waals surface area contributed by atoms with Crippen molar-refractivity contribution in [3.8, 4) is 5.69 Å². The van der Waals surface area contributed by atoms with Gasteiger partial charge in [-0.1, -0.05) is 12.1 Å². The molecule has 30 heavy (non-hydrogen) atoms. The maximum atomic E-state index is 13.7. The van der Waals surface area contributed by atoms with E-state index < -0.39 is 11.6 Å². The molecule has 2 aromatic heterocycles. The van der Waals surface area contributed by atoms with Crippen LogP contribution in [-0.4, -0.2) is 25.7 Å². The molecule has 1 amide bonds. The Balaban J connectivity index is 1.45. The Morgan fingerprint density at radius 2 is 2.00 bits per heavy atom. The van der Waals surface area contributed by atoms with Crippen molar-refractivity contribution >= 4 is 16.9 Å². The van der Waals surface area contributed by atoms with Crippen LogP contribution in [0, 0.1) is 11.6 Å². The minimum atomic E-state index is -0.945. The average molecular weight is 407 g/mol. The van der Waals surface area contributed by atoms with Crippen molar-refractivity contribution in [1.82, 2.24) is 25.1 Å². The number of nitrogens with one attached hydrogen (secondary N) is 2. The van der Waals surface area contributed by atoms with Gasteiger partial charge in [0.15, 0.2) is 17.3 Å². The average Bonchev–Trinajstić information content (AvgIpc) is 3.44. The van der Waals surface area contributed by atoms with E-state index in [-0.39, 0.29) is 11.9 Å². The lowest BCUT2D eigenvalue weighted by atomic mass is 10.2. The van der Waals surface area contributed by atoms with E-state index in [9.17, 15) is 13.6 Å². The second kappa shape index (κ2) is 7.05. The first-order valence-electron chi connectivity index (χ1n) is 9.83. The normalized spacial score (nSPS) is 14.1. The van der Waals surface area contributed by atoms with Gasteiger partial charge < -0.3 is 10.3 Å². The minimum Gasteiger partial charge on any atom is -0.341 e. The van der Waals surface area contributed by atoms with Gasteiger partial charge in [-0.15, -0.1) is 0 Å². The van der Waals surface area contributed by atoms with Crippen molar-refractivity contribution in [1.29, 1.82) is 0 Å². The lowest BCUT2D eigenvalue weighted by Crippen LogP contribution is -2.28. The first-order chi connectivity index (χ1) is 14.5. The highest BCUT2D eigenvalue weighted by atomic mass is 19.2. The van der Waals surface area contributed by atoms with Gasteiger partial charge in [0.05, 0.1) is 22.8 Å². The molecule has 6 nitrogen and oxygen atoms in total. The molecule has 1 atom stereocenters. The molecule has 0 radical (unpaired) electrons. The number of aromatic amines is 1. The Kier molecular flexibility index (Phi) is 4.34. The zero-order valence-electron chi connectivity index (χ0n) is 16.2. The summed E-state index contributed by atoms with van der Waals surface area (Å²) in [5.41, 5.74) is 4.16. The zero-order valence-corrected chi connectivity index (χ0v) is 16.2. The molecule has 0 saturated carbocycles. The number of fused-ring (bicyclic) bond motifs is 2. The Bertz CT molecular complexity index is 1240. The van der Waals surface area contributed by atoms with Crippen LogP contribution in [0.15, 0.2) is 42.5 Å². The van der Waals surface area contributed by atoms with E-state index in [2.05, 4.69) is 20.4 Å². The van der Waals surface area contributed by atoms with Gasteiger partial charge in [0.25, 0.3) is 5.91 Å². The summed E-state index contributed by atoms with van der Waals surface area (Å²) in [6.45, 7) is 1.85. The van der Waals surface area contributed by atoms with Crippen LogP contribution < -0.4 is 5.32 Å². The second-order valence-corrected chi connectivity index (χ2v) is 7.47. The van der Waals surface area contributed by atoms with E-state index in [0.29, 0.717) is 17.2 Å². The third kappa shape index (κ3) is 3.04.